The molecule has 1 heterocycles. The lowest BCUT2D eigenvalue weighted by atomic mass is 9.93. The molecule has 2 aliphatic carbocycles. The van der Waals surface area contributed by atoms with Crippen LogP contribution in [-0.2, 0) is 4.79 Å². The third-order valence-electron chi connectivity index (χ3n) is 6.12. The van der Waals surface area contributed by atoms with Crippen LogP contribution < -0.4 is 0 Å². The van der Waals surface area contributed by atoms with Crippen molar-refractivity contribution >= 4 is 23.1 Å². The summed E-state index contributed by atoms with van der Waals surface area (Å²) in [6.07, 6.45) is 15.2. The lowest BCUT2D eigenvalue weighted by molar-refractivity contribution is -0.131. The Morgan fingerprint density at radius 3 is 2.11 bits per heavy atom. The number of nitrogens with zero attached hydrogens (tertiary/aromatic N) is 2. The van der Waals surface area contributed by atoms with Crippen LogP contribution in [0.1, 0.15) is 87.1 Å². The van der Waals surface area contributed by atoms with Crippen molar-refractivity contribution in [1.82, 2.24) is 9.97 Å². The first-order chi connectivity index (χ1) is 13.6. The molecule has 0 bridgehead atoms. The number of aliphatic carboxylic acids is 1. The van der Waals surface area contributed by atoms with Crippen molar-refractivity contribution in [3.63, 3.8) is 0 Å². The summed E-state index contributed by atoms with van der Waals surface area (Å²) in [5, 5.41) is 8.84. The Morgan fingerprint density at radius 2 is 1.54 bits per heavy atom. The van der Waals surface area contributed by atoms with Gasteiger partial charge in [-0.25, -0.2) is 14.8 Å². The molecule has 1 aromatic carbocycles. The lowest BCUT2D eigenvalue weighted by Gasteiger charge is -2.19. The number of benzene rings is 1. The lowest BCUT2D eigenvalue weighted by Crippen LogP contribution is -2.09. The van der Waals surface area contributed by atoms with Crippen molar-refractivity contribution in [1.29, 1.82) is 0 Å². The van der Waals surface area contributed by atoms with E-state index in [1.165, 1.54) is 68.8 Å². The molecule has 146 valence electrons. The van der Waals surface area contributed by atoms with Crippen molar-refractivity contribution in [2.75, 3.05) is 0 Å². The molecule has 0 atom stereocenters. The first-order valence-corrected chi connectivity index (χ1v) is 10.5. The van der Waals surface area contributed by atoms with Gasteiger partial charge in [0.25, 0.3) is 0 Å². The Labute approximate surface area is 166 Å². The first-order valence-electron chi connectivity index (χ1n) is 10.5. The normalized spacial score (nSPS) is 19.2. The first kappa shape index (κ1) is 18.9. The van der Waals surface area contributed by atoms with Crippen LogP contribution in [-0.4, -0.2) is 21.0 Å². The number of allylic oxidation sites excluding steroid dienone is 2. The Hall–Kier alpha value is -2.49. The number of rotatable bonds is 5. The molecule has 2 fully saturated rings. The molecule has 0 saturated heterocycles. The Balaban J connectivity index is 1.71. The van der Waals surface area contributed by atoms with Gasteiger partial charge in [-0.2, -0.15) is 0 Å². The monoisotopic (exact) mass is 376 g/mol. The molecule has 4 nitrogen and oxygen atoms in total. The average molecular weight is 377 g/mol. The maximum atomic E-state index is 10.8. The summed E-state index contributed by atoms with van der Waals surface area (Å²) in [6, 6.07) is 6.16. The molecule has 2 saturated carbocycles. The summed E-state index contributed by atoms with van der Waals surface area (Å²) in [7, 11) is 0. The highest BCUT2D eigenvalue weighted by Crippen LogP contribution is 2.41. The minimum Gasteiger partial charge on any atom is -0.478 e. The summed E-state index contributed by atoms with van der Waals surface area (Å²) in [4.78, 5) is 21.0. The van der Waals surface area contributed by atoms with Gasteiger partial charge < -0.3 is 5.11 Å². The third kappa shape index (κ3) is 4.16. The van der Waals surface area contributed by atoms with E-state index in [4.69, 9.17) is 15.1 Å². The van der Waals surface area contributed by atoms with Crippen LogP contribution in [0.4, 0.5) is 0 Å². The van der Waals surface area contributed by atoms with E-state index in [1.54, 1.807) is 6.92 Å². The van der Waals surface area contributed by atoms with Gasteiger partial charge in [-0.15, -0.1) is 0 Å². The van der Waals surface area contributed by atoms with Gasteiger partial charge in [0, 0.05) is 17.9 Å². The van der Waals surface area contributed by atoms with Gasteiger partial charge in [-0.1, -0.05) is 43.9 Å². The molecule has 0 aliphatic heterocycles. The number of carboxylic acids is 1. The molecular formula is C24H28N2O2. The van der Waals surface area contributed by atoms with Crippen LogP contribution in [0.25, 0.3) is 17.1 Å². The summed E-state index contributed by atoms with van der Waals surface area (Å²) < 4.78 is 0. The highest BCUT2D eigenvalue weighted by molar-refractivity contribution is 5.82. The van der Waals surface area contributed by atoms with E-state index in [9.17, 15) is 4.79 Å². The number of carboxylic acid groups (broad SMARTS) is 1. The van der Waals surface area contributed by atoms with Crippen LogP contribution in [0, 0.1) is 0 Å². The molecule has 4 heteroatoms. The fourth-order valence-corrected chi connectivity index (χ4v) is 4.67. The maximum absolute atomic E-state index is 10.8. The molecule has 2 aromatic rings. The van der Waals surface area contributed by atoms with E-state index in [0.29, 0.717) is 17.4 Å². The number of aromatic nitrogens is 2. The molecule has 28 heavy (non-hydrogen) atoms. The zero-order valence-electron chi connectivity index (χ0n) is 16.5. The van der Waals surface area contributed by atoms with Gasteiger partial charge in [0.15, 0.2) is 0 Å². The topological polar surface area (TPSA) is 63.1 Å². The van der Waals surface area contributed by atoms with Gasteiger partial charge in [0.1, 0.15) is 0 Å². The minimum atomic E-state index is -0.924. The van der Waals surface area contributed by atoms with Crippen LogP contribution >= 0.6 is 0 Å². The van der Waals surface area contributed by atoms with E-state index in [1.807, 2.05) is 18.2 Å². The van der Waals surface area contributed by atoms with E-state index >= 15 is 0 Å². The van der Waals surface area contributed by atoms with Gasteiger partial charge in [0.05, 0.1) is 22.4 Å². The molecule has 0 radical (unpaired) electrons. The zero-order chi connectivity index (χ0) is 19.5. The van der Waals surface area contributed by atoms with Gasteiger partial charge in [-0.05, 0) is 55.9 Å². The molecule has 4 rings (SSSR count). The standard InChI is InChI=1S/C24H28N2O2/c1-16(14-22(27)28)10-11-17-12-13-20-21(15-17)26-24(19-8-4-5-9-19)23(25-20)18-6-2-3-7-18/h10-15,18-19H,2-9H2,1H3,(H,27,28)/b11-10+,16-14+. The predicted molar refractivity (Wildman–Crippen MR) is 112 cm³/mol. The Morgan fingerprint density at radius 1 is 0.964 bits per heavy atom. The van der Waals surface area contributed by atoms with Crippen molar-refractivity contribution in [3.8, 4) is 0 Å². The maximum Gasteiger partial charge on any atom is 0.328 e. The number of fused-ring (bicyclic) bond motifs is 1. The molecule has 0 spiro atoms. The van der Waals surface area contributed by atoms with E-state index < -0.39 is 5.97 Å². The van der Waals surface area contributed by atoms with E-state index in [-0.39, 0.29) is 0 Å². The SMILES string of the molecule is CC(/C=C/c1ccc2nc(C3CCCC3)c(C3CCCC3)nc2c1)=C\C(=O)O. The molecular weight excluding hydrogens is 348 g/mol. The summed E-state index contributed by atoms with van der Waals surface area (Å²) in [6.45, 7) is 1.79. The molecule has 1 N–H and O–H groups in total. The second-order valence-electron chi connectivity index (χ2n) is 8.26. The number of hydrogen-bond donors (Lipinski definition) is 1. The highest BCUT2D eigenvalue weighted by Gasteiger charge is 2.28. The van der Waals surface area contributed by atoms with E-state index in [0.717, 1.165) is 16.6 Å². The molecule has 2 aliphatic rings. The third-order valence-corrected chi connectivity index (χ3v) is 6.12. The molecule has 0 amide bonds. The van der Waals surface area contributed by atoms with Gasteiger partial charge >= 0.3 is 5.97 Å². The number of hydrogen-bond acceptors (Lipinski definition) is 3. The largest absolute Gasteiger partial charge is 0.478 e. The van der Waals surface area contributed by atoms with Crippen molar-refractivity contribution in [3.05, 3.63) is 52.9 Å². The predicted octanol–water partition coefficient (Wildman–Crippen LogP) is 5.99. The molecule has 0 unspecified atom stereocenters. The van der Waals surface area contributed by atoms with Crippen molar-refractivity contribution in [2.24, 2.45) is 0 Å². The summed E-state index contributed by atoms with van der Waals surface area (Å²) in [5.74, 6) is 0.218. The Kier molecular flexibility index (Phi) is 5.56. The van der Waals surface area contributed by atoms with Crippen LogP contribution in [0.2, 0.25) is 0 Å². The number of carbonyl (C=O) groups is 1. The highest BCUT2D eigenvalue weighted by atomic mass is 16.4. The van der Waals surface area contributed by atoms with Crippen LogP contribution in [0.3, 0.4) is 0 Å². The fourth-order valence-electron chi connectivity index (χ4n) is 4.67. The smallest absolute Gasteiger partial charge is 0.328 e. The fraction of sp³-hybridized carbons (Fsp3) is 0.458. The van der Waals surface area contributed by atoms with Crippen LogP contribution in [0.5, 0.6) is 0 Å². The average Bonchev–Trinajstić information content (AvgIpc) is 3.38. The second-order valence-corrected chi connectivity index (χ2v) is 8.26. The zero-order valence-corrected chi connectivity index (χ0v) is 16.5. The van der Waals surface area contributed by atoms with Crippen molar-refractivity contribution < 1.29 is 9.90 Å². The summed E-state index contributed by atoms with van der Waals surface area (Å²) in [5.41, 5.74) is 6.16. The van der Waals surface area contributed by atoms with Gasteiger partial charge in [-0.3, -0.25) is 0 Å². The van der Waals surface area contributed by atoms with Crippen molar-refractivity contribution in [2.45, 2.75) is 70.1 Å². The minimum absolute atomic E-state index is 0.562. The quantitative estimate of drug-likeness (QED) is 0.514. The van der Waals surface area contributed by atoms with E-state index in [2.05, 4.69) is 12.1 Å². The van der Waals surface area contributed by atoms with Crippen LogP contribution in [0.15, 0.2) is 35.9 Å². The Bertz CT molecular complexity index is 933. The molecule has 1 aromatic heterocycles. The summed E-state index contributed by atoms with van der Waals surface area (Å²) >= 11 is 0. The second kappa shape index (κ2) is 8.26. The van der Waals surface area contributed by atoms with Gasteiger partial charge in [0.2, 0.25) is 0 Å².